The van der Waals surface area contributed by atoms with Crippen LogP contribution in [0.3, 0.4) is 0 Å². The lowest BCUT2D eigenvalue weighted by atomic mass is 10.0. The summed E-state index contributed by atoms with van der Waals surface area (Å²) in [7, 11) is 0. The van der Waals surface area contributed by atoms with Gasteiger partial charge in [0.05, 0.1) is 5.54 Å². The average Bonchev–Trinajstić information content (AvgIpc) is 2.32. The molecule has 2 N–H and O–H groups in total. The summed E-state index contributed by atoms with van der Waals surface area (Å²) in [4.78, 5) is 12.0. The number of hydrogen-bond acceptors (Lipinski definition) is 3. The largest absolute Gasteiger partial charge is 0.432 e. The first-order valence-corrected chi connectivity index (χ1v) is 6.07. The number of ether oxygens (including phenoxy) is 1. The summed E-state index contributed by atoms with van der Waals surface area (Å²) >= 11 is 0. The second kappa shape index (κ2) is 6.60. The molecule has 0 spiro atoms. The molecule has 0 aliphatic heterocycles. The van der Waals surface area contributed by atoms with Gasteiger partial charge in [-0.2, -0.15) is 8.78 Å². The van der Waals surface area contributed by atoms with Gasteiger partial charge in [-0.3, -0.25) is 4.79 Å². The lowest BCUT2D eigenvalue weighted by Gasteiger charge is -2.24. The van der Waals surface area contributed by atoms with Gasteiger partial charge in [-0.15, -0.1) is 0 Å². The maximum absolute atomic E-state index is 13.5. The maximum Gasteiger partial charge on any atom is 0.387 e. The fourth-order valence-corrected chi connectivity index (χ4v) is 1.58. The first-order valence-electron chi connectivity index (χ1n) is 6.07. The minimum absolute atomic E-state index is 0.167. The zero-order valence-corrected chi connectivity index (χ0v) is 11.5. The van der Waals surface area contributed by atoms with Crippen LogP contribution in [0.1, 0.15) is 20.8 Å². The van der Waals surface area contributed by atoms with Crippen LogP contribution in [0.25, 0.3) is 0 Å². The molecule has 0 aliphatic rings. The van der Waals surface area contributed by atoms with Gasteiger partial charge in [0, 0.05) is 11.8 Å². The number of alkyl halides is 2. The van der Waals surface area contributed by atoms with E-state index in [2.05, 4.69) is 15.4 Å². The van der Waals surface area contributed by atoms with Gasteiger partial charge >= 0.3 is 6.61 Å². The minimum Gasteiger partial charge on any atom is -0.432 e. The number of carbonyl (C=O) groups is 1. The van der Waals surface area contributed by atoms with Crippen LogP contribution >= 0.6 is 0 Å². The summed E-state index contributed by atoms with van der Waals surface area (Å²) in [6.07, 6.45) is 0. The number of amides is 1. The predicted octanol–water partition coefficient (Wildman–Crippen LogP) is 2.75. The highest BCUT2D eigenvalue weighted by atomic mass is 19.3. The van der Waals surface area contributed by atoms with E-state index in [4.69, 9.17) is 0 Å². The Morgan fingerprint density at radius 2 is 2.05 bits per heavy atom. The third-order valence-electron chi connectivity index (χ3n) is 2.59. The Labute approximate surface area is 115 Å². The number of rotatable bonds is 6. The summed E-state index contributed by atoms with van der Waals surface area (Å²) in [5, 5.41) is 5.47. The zero-order valence-electron chi connectivity index (χ0n) is 11.5. The third kappa shape index (κ3) is 4.41. The quantitative estimate of drug-likeness (QED) is 0.847. The van der Waals surface area contributed by atoms with Crippen molar-refractivity contribution in [3.05, 3.63) is 24.0 Å². The van der Waals surface area contributed by atoms with E-state index in [0.717, 1.165) is 12.1 Å². The smallest absolute Gasteiger partial charge is 0.387 e. The number of halogens is 3. The van der Waals surface area contributed by atoms with E-state index >= 15 is 0 Å². The summed E-state index contributed by atoms with van der Waals surface area (Å²) in [6.45, 7) is 2.70. The number of anilines is 1. The molecule has 1 amide bonds. The molecule has 0 fully saturated rings. The molecule has 7 heteroatoms. The summed E-state index contributed by atoms with van der Waals surface area (Å²) < 4.78 is 41.4. The first kappa shape index (κ1) is 16.3. The molecule has 0 aliphatic carbocycles. The lowest BCUT2D eigenvalue weighted by molar-refractivity contribution is -0.121. The van der Waals surface area contributed by atoms with Crippen molar-refractivity contribution in [1.29, 1.82) is 0 Å². The van der Waals surface area contributed by atoms with E-state index in [1.54, 1.807) is 13.8 Å². The molecule has 112 valence electrons. The molecular weight excluding hydrogens is 273 g/mol. The Bertz CT molecular complexity index is 479. The molecule has 0 unspecified atom stereocenters. The average molecular weight is 290 g/mol. The highest BCUT2D eigenvalue weighted by molar-refractivity contribution is 5.97. The summed E-state index contributed by atoms with van der Waals surface area (Å²) in [6, 6.07) is 3.26. The van der Waals surface area contributed by atoms with Crippen molar-refractivity contribution < 1.29 is 22.7 Å². The van der Waals surface area contributed by atoms with Gasteiger partial charge in [-0.25, -0.2) is 4.39 Å². The highest BCUT2D eigenvalue weighted by Crippen LogP contribution is 2.23. The second-order valence-electron chi connectivity index (χ2n) is 4.63. The Kier molecular flexibility index (Phi) is 5.38. The molecule has 0 saturated carbocycles. The van der Waals surface area contributed by atoms with Gasteiger partial charge in [0.2, 0.25) is 5.91 Å². The van der Waals surface area contributed by atoms with Crippen LogP contribution in [0.15, 0.2) is 18.2 Å². The number of carbonyl (C=O) groups excluding carboxylic acids is 1. The number of benzene rings is 1. The van der Waals surface area contributed by atoms with Crippen LogP contribution in [0.5, 0.6) is 5.75 Å². The molecule has 0 radical (unpaired) electrons. The van der Waals surface area contributed by atoms with Gasteiger partial charge in [-0.1, -0.05) is 6.92 Å². The van der Waals surface area contributed by atoms with Gasteiger partial charge in [-0.05, 0) is 32.5 Å². The Morgan fingerprint density at radius 3 is 2.55 bits per heavy atom. The van der Waals surface area contributed by atoms with Crippen LogP contribution in [0, 0.1) is 5.82 Å². The molecule has 4 nitrogen and oxygen atoms in total. The van der Waals surface area contributed by atoms with E-state index in [1.165, 1.54) is 6.07 Å². The van der Waals surface area contributed by atoms with E-state index in [0.29, 0.717) is 6.54 Å². The lowest BCUT2D eigenvalue weighted by Crippen LogP contribution is -2.49. The van der Waals surface area contributed by atoms with Crippen molar-refractivity contribution in [3.63, 3.8) is 0 Å². The fraction of sp³-hybridized carbons (Fsp3) is 0.462. The van der Waals surface area contributed by atoms with Gasteiger partial charge in [0.1, 0.15) is 0 Å². The molecule has 1 aromatic rings. The van der Waals surface area contributed by atoms with Gasteiger partial charge in [0.25, 0.3) is 0 Å². The van der Waals surface area contributed by atoms with Crippen molar-refractivity contribution >= 4 is 11.6 Å². The van der Waals surface area contributed by atoms with E-state index in [1.807, 2.05) is 6.92 Å². The Hall–Kier alpha value is -1.76. The molecular formula is C13H17F3N2O2. The van der Waals surface area contributed by atoms with Crippen LogP contribution < -0.4 is 15.4 Å². The molecule has 1 aromatic carbocycles. The van der Waals surface area contributed by atoms with Crippen molar-refractivity contribution in [2.75, 3.05) is 11.9 Å². The van der Waals surface area contributed by atoms with Gasteiger partial charge < -0.3 is 15.4 Å². The topological polar surface area (TPSA) is 50.4 Å². The Balaban J connectivity index is 2.79. The van der Waals surface area contributed by atoms with E-state index < -0.39 is 23.7 Å². The van der Waals surface area contributed by atoms with Gasteiger partial charge in [0.15, 0.2) is 11.6 Å². The first-order chi connectivity index (χ1) is 9.26. The Morgan fingerprint density at radius 1 is 1.40 bits per heavy atom. The fourth-order valence-electron chi connectivity index (χ4n) is 1.58. The normalized spacial score (nSPS) is 11.6. The van der Waals surface area contributed by atoms with Crippen molar-refractivity contribution in [3.8, 4) is 5.75 Å². The molecule has 0 saturated heterocycles. The molecule has 0 heterocycles. The molecule has 20 heavy (non-hydrogen) atoms. The van der Waals surface area contributed by atoms with Crippen LogP contribution in [0.4, 0.5) is 18.9 Å². The molecule has 1 rings (SSSR count). The minimum atomic E-state index is -3.10. The van der Waals surface area contributed by atoms with Crippen LogP contribution in [-0.4, -0.2) is 24.6 Å². The number of likely N-dealkylation sites (N-methyl/N-ethyl adjacent to an activating group) is 1. The van der Waals surface area contributed by atoms with Crippen LogP contribution in [-0.2, 0) is 4.79 Å². The predicted molar refractivity (Wildman–Crippen MR) is 69.4 cm³/mol. The number of hydrogen-bond donors (Lipinski definition) is 2. The maximum atomic E-state index is 13.5. The molecule has 0 bridgehead atoms. The van der Waals surface area contributed by atoms with E-state index in [9.17, 15) is 18.0 Å². The molecule has 0 aromatic heterocycles. The van der Waals surface area contributed by atoms with Crippen molar-refractivity contribution in [2.24, 2.45) is 0 Å². The second-order valence-corrected chi connectivity index (χ2v) is 4.63. The standard InChI is InChI=1S/C13H17F3N2O2/c1-4-17-13(2,3)11(19)18-8-5-6-10(9(14)7-8)20-12(15)16/h5-7,12,17H,4H2,1-3H3,(H,18,19). The molecule has 0 atom stereocenters. The zero-order chi connectivity index (χ0) is 15.3. The van der Waals surface area contributed by atoms with E-state index in [-0.39, 0.29) is 11.6 Å². The summed E-state index contributed by atoms with van der Waals surface area (Å²) in [5.41, 5.74) is -0.663. The number of nitrogens with one attached hydrogen (secondary N) is 2. The monoisotopic (exact) mass is 290 g/mol. The van der Waals surface area contributed by atoms with Crippen LogP contribution in [0.2, 0.25) is 0 Å². The highest BCUT2D eigenvalue weighted by Gasteiger charge is 2.26. The van der Waals surface area contributed by atoms with Crippen molar-refractivity contribution in [2.45, 2.75) is 32.9 Å². The van der Waals surface area contributed by atoms with Crippen molar-refractivity contribution in [1.82, 2.24) is 5.32 Å². The third-order valence-corrected chi connectivity index (χ3v) is 2.59. The SMILES string of the molecule is CCNC(C)(C)C(=O)Nc1ccc(OC(F)F)c(F)c1. The summed E-state index contributed by atoms with van der Waals surface area (Å²) in [5.74, 6) is -1.89.